The van der Waals surface area contributed by atoms with E-state index in [1.165, 1.54) is 0 Å². The lowest BCUT2D eigenvalue weighted by molar-refractivity contribution is 0.126. The number of nitrogens with zero attached hydrogens (tertiary/aromatic N) is 2. The second kappa shape index (κ2) is 3.80. The molecule has 2 rings (SSSR count). The van der Waals surface area contributed by atoms with Gasteiger partial charge in [0.25, 0.3) is 0 Å². The zero-order valence-electron chi connectivity index (χ0n) is 8.53. The Morgan fingerprint density at radius 3 is 2.86 bits per heavy atom. The zero-order valence-corrected chi connectivity index (χ0v) is 8.53. The van der Waals surface area contributed by atoms with Crippen molar-refractivity contribution in [2.24, 2.45) is 7.05 Å². The van der Waals surface area contributed by atoms with Gasteiger partial charge in [0.2, 0.25) is 0 Å². The highest BCUT2D eigenvalue weighted by Gasteiger charge is 2.05. The van der Waals surface area contributed by atoms with Crippen LogP contribution >= 0.6 is 0 Å². The Bertz CT molecular complexity index is 434. The summed E-state index contributed by atoms with van der Waals surface area (Å²) in [4.78, 5) is 4.49. The minimum Gasteiger partial charge on any atom is -0.374 e. The van der Waals surface area contributed by atoms with Gasteiger partial charge in [0.1, 0.15) is 12.4 Å². The molecule has 0 atom stereocenters. The Hall–Kier alpha value is -1.35. The van der Waals surface area contributed by atoms with Crippen LogP contribution in [0.2, 0.25) is 0 Å². The quantitative estimate of drug-likeness (QED) is 0.741. The lowest BCUT2D eigenvalue weighted by atomic mass is 10.3. The fraction of sp³-hybridized carbons (Fsp3) is 0.364. The molecule has 0 saturated heterocycles. The third-order valence-electron chi connectivity index (χ3n) is 2.32. The fourth-order valence-electron chi connectivity index (χ4n) is 1.52. The van der Waals surface area contributed by atoms with Gasteiger partial charge in [-0.2, -0.15) is 0 Å². The van der Waals surface area contributed by atoms with Crippen LogP contribution in [0.1, 0.15) is 12.7 Å². The summed E-state index contributed by atoms with van der Waals surface area (Å²) in [7, 11) is 2.02. The van der Waals surface area contributed by atoms with Crippen LogP contribution in [0.4, 0.5) is 0 Å². The van der Waals surface area contributed by atoms with Crippen LogP contribution in [-0.4, -0.2) is 16.2 Å². The SMILES string of the molecule is CCOCc1nc2ccccc2n1C. The maximum Gasteiger partial charge on any atom is 0.135 e. The maximum atomic E-state index is 5.35. The predicted octanol–water partition coefficient (Wildman–Crippen LogP) is 2.11. The molecule has 0 saturated carbocycles. The summed E-state index contributed by atoms with van der Waals surface area (Å²) >= 11 is 0. The van der Waals surface area contributed by atoms with Gasteiger partial charge in [-0.3, -0.25) is 0 Å². The van der Waals surface area contributed by atoms with Crippen LogP contribution in [0.25, 0.3) is 11.0 Å². The Kier molecular flexibility index (Phi) is 2.50. The van der Waals surface area contributed by atoms with E-state index in [1.54, 1.807) is 0 Å². The number of imidazole rings is 1. The summed E-state index contributed by atoms with van der Waals surface area (Å²) in [5.41, 5.74) is 2.19. The molecule has 0 unspecified atom stereocenters. The van der Waals surface area contributed by atoms with Crippen LogP contribution in [0.3, 0.4) is 0 Å². The molecule has 0 aliphatic carbocycles. The van der Waals surface area contributed by atoms with Crippen molar-refractivity contribution in [3.63, 3.8) is 0 Å². The molecule has 0 spiro atoms. The Balaban J connectivity index is 2.41. The van der Waals surface area contributed by atoms with Crippen LogP contribution < -0.4 is 0 Å². The number of benzene rings is 1. The number of aryl methyl sites for hydroxylation is 1. The summed E-state index contributed by atoms with van der Waals surface area (Å²) < 4.78 is 7.42. The third kappa shape index (κ3) is 1.51. The minimum atomic E-state index is 0.585. The van der Waals surface area contributed by atoms with E-state index in [9.17, 15) is 0 Å². The van der Waals surface area contributed by atoms with Crippen LogP contribution in [0.15, 0.2) is 24.3 Å². The standard InChI is InChI=1S/C11H14N2O/c1-3-14-8-11-12-9-6-4-5-7-10(9)13(11)2/h4-7H,3,8H2,1-2H3. The summed E-state index contributed by atoms with van der Waals surface area (Å²) in [5, 5.41) is 0. The number of para-hydroxylation sites is 2. The lowest BCUT2D eigenvalue weighted by Crippen LogP contribution is -2.00. The number of fused-ring (bicyclic) bond motifs is 1. The molecule has 2 aromatic rings. The van der Waals surface area contributed by atoms with E-state index >= 15 is 0 Å². The normalized spacial score (nSPS) is 11.0. The average Bonchev–Trinajstić information content (AvgIpc) is 2.54. The first-order valence-corrected chi connectivity index (χ1v) is 4.81. The molecule has 1 heterocycles. The smallest absolute Gasteiger partial charge is 0.135 e. The molecule has 0 aliphatic rings. The second-order valence-electron chi connectivity index (χ2n) is 3.21. The molecule has 0 bridgehead atoms. The van der Waals surface area contributed by atoms with Crippen molar-refractivity contribution in [1.82, 2.24) is 9.55 Å². The first-order chi connectivity index (χ1) is 6.83. The number of ether oxygens (including phenoxy) is 1. The molecule has 3 heteroatoms. The fourth-order valence-corrected chi connectivity index (χ4v) is 1.52. The summed E-state index contributed by atoms with van der Waals surface area (Å²) in [6.07, 6.45) is 0. The molecule has 0 amide bonds. The predicted molar refractivity (Wildman–Crippen MR) is 56.0 cm³/mol. The molecular formula is C11H14N2O. The van der Waals surface area contributed by atoms with Crippen LogP contribution in [0, 0.1) is 0 Å². The van der Waals surface area contributed by atoms with Gasteiger partial charge >= 0.3 is 0 Å². The molecule has 74 valence electrons. The van der Waals surface area contributed by atoms with Crippen LogP contribution in [-0.2, 0) is 18.4 Å². The highest BCUT2D eigenvalue weighted by molar-refractivity contribution is 5.75. The molecule has 0 N–H and O–H groups in total. The van der Waals surface area contributed by atoms with Gasteiger partial charge in [0.05, 0.1) is 11.0 Å². The molecule has 1 aromatic carbocycles. The van der Waals surface area contributed by atoms with Crippen molar-refractivity contribution in [2.45, 2.75) is 13.5 Å². The van der Waals surface area contributed by atoms with E-state index in [4.69, 9.17) is 4.74 Å². The molecule has 14 heavy (non-hydrogen) atoms. The van der Waals surface area contributed by atoms with E-state index in [-0.39, 0.29) is 0 Å². The van der Waals surface area contributed by atoms with Gasteiger partial charge < -0.3 is 9.30 Å². The van der Waals surface area contributed by atoms with Gasteiger partial charge in [0.15, 0.2) is 0 Å². The second-order valence-corrected chi connectivity index (χ2v) is 3.21. The number of hydrogen-bond acceptors (Lipinski definition) is 2. The largest absolute Gasteiger partial charge is 0.374 e. The van der Waals surface area contributed by atoms with Crippen LogP contribution in [0.5, 0.6) is 0 Å². The van der Waals surface area contributed by atoms with Gasteiger partial charge in [0, 0.05) is 13.7 Å². The average molecular weight is 190 g/mol. The zero-order chi connectivity index (χ0) is 9.97. The van der Waals surface area contributed by atoms with Crippen molar-refractivity contribution in [3.8, 4) is 0 Å². The summed E-state index contributed by atoms with van der Waals surface area (Å²) in [6.45, 7) is 3.30. The van der Waals surface area contributed by atoms with E-state index in [1.807, 2.05) is 32.2 Å². The van der Waals surface area contributed by atoms with Gasteiger partial charge in [-0.25, -0.2) is 4.98 Å². The van der Waals surface area contributed by atoms with Crippen molar-refractivity contribution < 1.29 is 4.74 Å². The summed E-state index contributed by atoms with van der Waals surface area (Å²) in [6, 6.07) is 8.11. The molecule has 3 nitrogen and oxygen atoms in total. The molecule has 0 fully saturated rings. The maximum absolute atomic E-state index is 5.35. The highest BCUT2D eigenvalue weighted by atomic mass is 16.5. The van der Waals surface area contributed by atoms with E-state index in [2.05, 4.69) is 15.6 Å². The molecular weight excluding hydrogens is 176 g/mol. The van der Waals surface area contributed by atoms with Gasteiger partial charge in [-0.15, -0.1) is 0 Å². The molecule has 0 radical (unpaired) electrons. The monoisotopic (exact) mass is 190 g/mol. The first-order valence-electron chi connectivity index (χ1n) is 4.81. The number of rotatable bonds is 3. The Morgan fingerprint density at radius 2 is 2.14 bits per heavy atom. The van der Waals surface area contributed by atoms with Crippen molar-refractivity contribution in [1.29, 1.82) is 0 Å². The Labute approximate surface area is 83.3 Å². The topological polar surface area (TPSA) is 27.1 Å². The minimum absolute atomic E-state index is 0.585. The Morgan fingerprint density at radius 1 is 1.36 bits per heavy atom. The molecule has 0 aliphatic heterocycles. The van der Waals surface area contributed by atoms with E-state index < -0.39 is 0 Å². The van der Waals surface area contributed by atoms with E-state index in [0.29, 0.717) is 6.61 Å². The highest BCUT2D eigenvalue weighted by Crippen LogP contribution is 2.14. The van der Waals surface area contributed by atoms with Gasteiger partial charge in [-0.1, -0.05) is 12.1 Å². The third-order valence-corrected chi connectivity index (χ3v) is 2.32. The molecule has 1 aromatic heterocycles. The number of aromatic nitrogens is 2. The number of hydrogen-bond donors (Lipinski definition) is 0. The van der Waals surface area contributed by atoms with Crippen molar-refractivity contribution in [2.75, 3.05) is 6.61 Å². The van der Waals surface area contributed by atoms with Gasteiger partial charge in [-0.05, 0) is 19.1 Å². The van der Waals surface area contributed by atoms with E-state index in [0.717, 1.165) is 23.5 Å². The first kappa shape index (κ1) is 9.21. The van der Waals surface area contributed by atoms with Crippen molar-refractivity contribution in [3.05, 3.63) is 30.1 Å². The lowest BCUT2D eigenvalue weighted by Gasteiger charge is -2.01. The summed E-state index contributed by atoms with van der Waals surface area (Å²) in [5.74, 6) is 0.980. The van der Waals surface area contributed by atoms with Crippen molar-refractivity contribution >= 4 is 11.0 Å².